The highest BCUT2D eigenvalue weighted by Crippen LogP contribution is 2.38. The van der Waals surface area contributed by atoms with Crippen LogP contribution in [0.2, 0.25) is 0 Å². The highest BCUT2D eigenvalue weighted by molar-refractivity contribution is 5.73. The summed E-state index contributed by atoms with van der Waals surface area (Å²) in [5.41, 5.74) is 2.95. The highest BCUT2D eigenvalue weighted by Gasteiger charge is 2.35. The molecule has 8 heteroatoms. The van der Waals surface area contributed by atoms with Crippen molar-refractivity contribution in [1.82, 2.24) is 10.6 Å². The molecule has 222 valence electrons. The Kier molecular flexibility index (Phi) is 12.8. The molecule has 0 heterocycles. The Balaban J connectivity index is 1.69. The summed E-state index contributed by atoms with van der Waals surface area (Å²) < 4.78 is 30.5. The minimum absolute atomic E-state index is 0.226. The maximum atomic E-state index is 14.4. The number of halogens is 1. The molecule has 2 atom stereocenters. The summed E-state index contributed by atoms with van der Waals surface area (Å²) in [7, 11) is 1.61. The number of nitrogens with one attached hydrogen (secondary N) is 2. The number of rotatable bonds is 16. The molecule has 0 spiro atoms. The lowest BCUT2D eigenvalue weighted by molar-refractivity contribution is -0.120. The first-order valence-electron chi connectivity index (χ1n) is 14.5. The van der Waals surface area contributed by atoms with Gasteiger partial charge in [-0.3, -0.25) is 4.79 Å². The minimum Gasteiger partial charge on any atom is -0.491 e. The molecular weight excluding hydrogens is 511 g/mol. The second-order valence-corrected chi connectivity index (χ2v) is 11.1. The molecule has 0 saturated heterocycles. The number of ether oxygens (including phenoxy) is 3. The lowest BCUT2D eigenvalue weighted by Gasteiger charge is -2.40. The Hall–Kier alpha value is -2.52. The lowest BCUT2D eigenvalue weighted by atomic mass is 9.75. The van der Waals surface area contributed by atoms with Gasteiger partial charge in [-0.15, -0.1) is 0 Å². The monoisotopic (exact) mass is 558 g/mol. The zero-order valence-corrected chi connectivity index (χ0v) is 24.5. The average Bonchev–Trinajstić information content (AvgIpc) is 2.93. The van der Waals surface area contributed by atoms with Crippen LogP contribution < -0.4 is 15.4 Å². The molecule has 1 aliphatic carbocycles. The van der Waals surface area contributed by atoms with Crippen LogP contribution >= 0.6 is 0 Å². The maximum absolute atomic E-state index is 14.4. The summed E-state index contributed by atoms with van der Waals surface area (Å²) in [6.45, 7) is 7.71. The van der Waals surface area contributed by atoms with Crippen LogP contribution in [0.25, 0.3) is 0 Å². The molecule has 0 bridgehead atoms. The molecule has 1 amide bonds. The number of hydrogen-bond acceptors (Lipinski definition) is 6. The quantitative estimate of drug-likeness (QED) is 0.255. The van der Waals surface area contributed by atoms with Gasteiger partial charge in [0.25, 0.3) is 0 Å². The fourth-order valence-electron chi connectivity index (χ4n) is 5.44. The van der Waals surface area contributed by atoms with E-state index in [-0.39, 0.29) is 24.5 Å². The van der Waals surface area contributed by atoms with Crippen molar-refractivity contribution >= 4 is 5.91 Å². The molecule has 0 aromatic heterocycles. The minimum atomic E-state index is -0.877. The Morgan fingerprint density at radius 3 is 2.50 bits per heavy atom. The number of amides is 1. The van der Waals surface area contributed by atoms with Gasteiger partial charge in [0.2, 0.25) is 5.91 Å². The van der Waals surface area contributed by atoms with Crippen molar-refractivity contribution in [3.05, 3.63) is 65.0 Å². The molecule has 0 radical (unpaired) electrons. The molecular formula is C32H47FN2O5. The molecule has 1 aliphatic rings. The zero-order valence-electron chi connectivity index (χ0n) is 24.5. The predicted octanol–water partition coefficient (Wildman–Crippen LogP) is 4.85. The van der Waals surface area contributed by atoms with Crippen molar-refractivity contribution < 1.29 is 28.5 Å². The van der Waals surface area contributed by atoms with Gasteiger partial charge in [0, 0.05) is 32.2 Å². The van der Waals surface area contributed by atoms with Crippen LogP contribution in [0.15, 0.2) is 42.5 Å². The van der Waals surface area contributed by atoms with E-state index < -0.39 is 18.0 Å². The van der Waals surface area contributed by atoms with Crippen molar-refractivity contribution in [1.29, 1.82) is 0 Å². The summed E-state index contributed by atoms with van der Waals surface area (Å²) in [5, 5.41) is 17.9. The lowest BCUT2D eigenvalue weighted by Crippen LogP contribution is -2.53. The number of carbonyl (C=O) groups excluding carboxylic acids is 1. The van der Waals surface area contributed by atoms with E-state index in [1.54, 1.807) is 13.2 Å². The molecule has 3 N–H and O–H groups in total. The van der Waals surface area contributed by atoms with Gasteiger partial charge >= 0.3 is 0 Å². The van der Waals surface area contributed by atoms with Gasteiger partial charge in [0.1, 0.15) is 18.2 Å². The Labute approximate surface area is 238 Å². The van der Waals surface area contributed by atoms with E-state index in [1.807, 2.05) is 0 Å². The third-order valence-electron chi connectivity index (χ3n) is 7.63. The first-order valence-corrected chi connectivity index (χ1v) is 14.5. The first-order chi connectivity index (χ1) is 19.2. The Morgan fingerprint density at radius 1 is 1.05 bits per heavy atom. The standard InChI is InChI=1S/C32H47FN2O5/c1-23(2)26-9-8-10-27(20-26)32(11-6-5-7-12-32)34-22-31(37)30(35-24(3)36)19-25-17-28(33)21-29(18-25)40-16-15-39-14-13-38-4/h8-10,17-18,20-21,23,30-31,34,37H,5-7,11-16,19,22H2,1-4H3,(H,35,36)/t30-,31+/m0/s1. The van der Waals surface area contributed by atoms with E-state index in [9.17, 15) is 14.3 Å². The van der Waals surface area contributed by atoms with Crippen molar-refractivity contribution in [2.24, 2.45) is 0 Å². The second kappa shape index (κ2) is 16.1. The normalized spacial score (nSPS) is 16.5. The number of aliphatic hydroxyl groups excluding tert-OH is 1. The third kappa shape index (κ3) is 9.84. The van der Waals surface area contributed by atoms with E-state index >= 15 is 0 Å². The van der Waals surface area contributed by atoms with E-state index in [0.29, 0.717) is 43.6 Å². The number of methoxy groups -OCH3 is 1. The van der Waals surface area contributed by atoms with Crippen molar-refractivity contribution in [2.45, 2.75) is 82.9 Å². The van der Waals surface area contributed by atoms with E-state index in [4.69, 9.17) is 14.2 Å². The van der Waals surface area contributed by atoms with E-state index in [0.717, 1.165) is 25.7 Å². The zero-order chi connectivity index (χ0) is 29.0. The molecule has 3 rings (SSSR count). The summed E-state index contributed by atoms with van der Waals surface area (Å²) in [4.78, 5) is 12.1. The van der Waals surface area contributed by atoms with Gasteiger partial charge in [0.15, 0.2) is 0 Å². The van der Waals surface area contributed by atoms with Crippen LogP contribution in [0.5, 0.6) is 5.75 Å². The number of aliphatic hydroxyl groups is 1. The summed E-state index contributed by atoms with van der Waals surface area (Å²) in [5.74, 6) is 0.125. The largest absolute Gasteiger partial charge is 0.491 e. The van der Waals surface area contributed by atoms with Gasteiger partial charge in [-0.25, -0.2) is 4.39 Å². The van der Waals surface area contributed by atoms with Gasteiger partial charge in [-0.2, -0.15) is 0 Å². The Morgan fingerprint density at radius 2 is 1.80 bits per heavy atom. The van der Waals surface area contributed by atoms with Gasteiger partial charge in [-0.05, 0) is 54.0 Å². The molecule has 0 unspecified atom stereocenters. The fourth-order valence-corrected chi connectivity index (χ4v) is 5.44. The predicted molar refractivity (Wildman–Crippen MR) is 155 cm³/mol. The molecule has 40 heavy (non-hydrogen) atoms. The third-order valence-corrected chi connectivity index (χ3v) is 7.63. The van der Waals surface area contributed by atoms with Crippen molar-refractivity contribution in [2.75, 3.05) is 40.1 Å². The first kappa shape index (κ1) is 32.0. The molecule has 1 saturated carbocycles. The number of benzene rings is 2. The smallest absolute Gasteiger partial charge is 0.217 e. The van der Waals surface area contributed by atoms with Crippen LogP contribution in [0.4, 0.5) is 4.39 Å². The van der Waals surface area contributed by atoms with E-state index in [1.165, 1.54) is 36.6 Å². The van der Waals surface area contributed by atoms with Gasteiger partial charge in [0.05, 0.1) is 32.0 Å². The molecule has 1 fully saturated rings. The van der Waals surface area contributed by atoms with Crippen LogP contribution in [0.1, 0.15) is 75.5 Å². The van der Waals surface area contributed by atoms with Gasteiger partial charge < -0.3 is 30.0 Å². The topological polar surface area (TPSA) is 89.0 Å². The molecule has 7 nitrogen and oxygen atoms in total. The number of hydrogen-bond donors (Lipinski definition) is 3. The maximum Gasteiger partial charge on any atom is 0.217 e. The summed E-state index contributed by atoms with van der Waals surface area (Å²) in [6, 6.07) is 12.6. The Bertz CT molecular complexity index is 1060. The highest BCUT2D eigenvalue weighted by atomic mass is 19.1. The van der Waals surface area contributed by atoms with Crippen LogP contribution in [0.3, 0.4) is 0 Å². The second-order valence-electron chi connectivity index (χ2n) is 11.1. The molecule has 2 aromatic rings. The van der Waals surface area contributed by atoms with Crippen molar-refractivity contribution in [3.8, 4) is 5.75 Å². The SMILES string of the molecule is COCCOCCOc1cc(F)cc(C[C@H](NC(C)=O)[C@H](O)CNC2(c3cccc(C(C)C)c3)CCCCC2)c1. The van der Waals surface area contributed by atoms with Gasteiger partial charge in [-0.1, -0.05) is 57.4 Å². The van der Waals surface area contributed by atoms with Crippen LogP contribution in [-0.2, 0) is 26.2 Å². The van der Waals surface area contributed by atoms with E-state index in [2.05, 4.69) is 48.7 Å². The molecule has 0 aliphatic heterocycles. The average molecular weight is 559 g/mol. The molecule has 2 aromatic carbocycles. The summed E-state index contributed by atoms with van der Waals surface area (Å²) >= 11 is 0. The summed E-state index contributed by atoms with van der Waals surface area (Å²) in [6.07, 6.45) is 4.81. The van der Waals surface area contributed by atoms with Crippen LogP contribution in [-0.4, -0.2) is 63.2 Å². The fraction of sp³-hybridized carbons (Fsp3) is 0.594. The number of carbonyl (C=O) groups is 1. The van der Waals surface area contributed by atoms with Crippen molar-refractivity contribution in [3.63, 3.8) is 0 Å². The van der Waals surface area contributed by atoms with Crippen LogP contribution in [0, 0.1) is 5.82 Å².